The first-order valence-electron chi connectivity index (χ1n) is 7.58. The van der Waals surface area contributed by atoms with Crippen LogP contribution in [0.15, 0.2) is 35.3 Å². The molecule has 2 heterocycles. The van der Waals surface area contributed by atoms with Gasteiger partial charge in [-0.05, 0) is 7.05 Å². The number of carbonyl (C=O) groups is 1. The molecule has 124 valence electrons. The van der Waals surface area contributed by atoms with Crippen LogP contribution in [0.25, 0.3) is 0 Å². The van der Waals surface area contributed by atoms with Crippen molar-refractivity contribution in [2.45, 2.75) is 18.1 Å². The van der Waals surface area contributed by atoms with E-state index in [-0.39, 0.29) is 5.56 Å². The van der Waals surface area contributed by atoms with Crippen LogP contribution in [0.4, 0.5) is 8.78 Å². The van der Waals surface area contributed by atoms with E-state index in [2.05, 4.69) is 9.89 Å². The number of amides is 1. The van der Waals surface area contributed by atoms with E-state index in [1.807, 2.05) is 7.05 Å². The third-order valence-electron chi connectivity index (χ3n) is 4.30. The quantitative estimate of drug-likeness (QED) is 0.843. The summed E-state index contributed by atoms with van der Waals surface area (Å²) in [6.07, 6.45) is -0.628. The van der Waals surface area contributed by atoms with Gasteiger partial charge in [0.1, 0.15) is 0 Å². The number of piperazine rings is 1. The Morgan fingerprint density at radius 1 is 1.22 bits per heavy atom. The third kappa shape index (κ3) is 3.06. The molecule has 0 N–H and O–H groups in total. The molecule has 0 radical (unpaired) electrons. The SMILES string of the molecule is CN1CCN(C(=O)C2N=COC2C(F)(F)c2ccccc2)CC1. The first-order valence-corrected chi connectivity index (χ1v) is 7.58. The Bertz CT molecular complexity index is 586. The maximum atomic E-state index is 14.7. The monoisotopic (exact) mass is 323 g/mol. The molecule has 2 atom stereocenters. The largest absolute Gasteiger partial charge is 0.471 e. The van der Waals surface area contributed by atoms with E-state index in [9.17, 15) is 13.6 Å². The van der Waals surface area contributed by atoms with Gasteiger partial charge in [-0.1, -0.05) is 30.3 Å². The number of halogens is 2. The van der Waals surface area contributed by atoms with Crippen molar-refractivity contribution >= 4 is 12.3 Å². The van der Waals surface area contributed by atoms with Crippen LogP contribution in [-0.4, -0.2) is 67.5 Å². The number of alkyl halides is 2. The van der Waals surface area contributed by atoms with E-state index in [0.29, 0.717) is 13.1 Å². The molecule has 0 saturated carbocycles. The first kappa shape index (κ1) is 15.9. The number of ether oxygens (including phenoxy) is 1. The molecule has 2 aliphatic rings. The van der Waals surface area contributed by atoms with E-state index in [4.69, 9.17) is 4.74 Å². The van der Waals surface area contributed by atoms with Crippen molar-refractivity contribution in [1.29, 1.82) is 0 Å². The zero-order valence-electron chi connectivity index (χ0n) is 12.9. The van der Waals surface area contributed by atoms with Crippen LogP contribution in [0.1, 0.15) is 5.56 Å². The molecule has 5 nitrogen and oxygen atoms in total. The molecule has 1 amide bonds. The lowest BCUT2D eigenvalue weighted by molar-refractivity contribution is -0.147. The molecule has 0 spiro atoms. The lowest BCUT2D eigenvalue weighted by Crippen LogP contribution is -2.53. The van der Waals surface area contributed by atoms with Gasteiger partial charge < -0.3 is 14.5 Å². The van der Waals surface area contributed by atoms with E-state index in [1.54, 1.807) is 11.0 Å². The number of rotatable bonds is 3. The van der Waals surface area contributed by atoms with Gasteiger partial charge in [0.2, 0.25) is 0 Å². The Morgan fingerprint density at radius 3 is 2.52 bits per heavy atom. The topological polar surface area (TPSA) is 45.1 Å². The molecule has 1 aromatic rings. The van der Waals surface area contributed by atoms with Crippen molar-refractivity contribution in [2.24, 2.45) is 4.99 Å². The van der Waals surface area contributed by atoms with Crippen molar-refractivity contribution in [3.8, 4) is 0 Å². The summed E-state index contributed by atoms with van der Waals surface area (Å²) in [6, 6.07) is 6.21. The number of carbonyl (C=O) groups excluding carboxylic acids is 1. The fraction of sp³-hybridized carbons (Fsp3) is 0.500. The maximum Gasteiger partial charge on any atom is 0.311 e. The minimum Gasteiger partial charge on any atom is -0.471 e. The first-order chi connectivity index (χ1) is 11.0. The van der Waals surface area contributed by atoms with Crippen molar-refractivity contribution in [2.75, 3.05) is 33.2 Å². The van der Waals surface area contributed by atoms with Crippen molar-refractivity contribution in [3.05, 3.63) is 35.9 Å². The average Bonchev–Trinajstić information content (AvgIpc) is 3.06. The fourth-order valence-corrected chi connectivity index (χ4v) is 2.83. The predicted molar refractivity (Wildman–Crippen MR) is 81.6 cm³/mol. The molecule has 2 aliphatic heterocycles. The normalized spacial score (nSPS) is 25.4. The number of benzene rings is 1. The van der Waals surface area contributed by atoms with Crippen LogP contribution in [0, 0.1) is 0 Å². The Balaban J connectivity index is 1.77. The molecule has 2 unspecified atom stereocenters. The highest BCUT2D eigenvalue weighted by molar-refractivity contribution is 5.85. The molecule has 1 fully saturated rings. The van der Waals surface area contributed by atoms with E-state index in [1.165, 1.54) is 24.3 Å². The molecular formula is C16H19F2N3O2. The molecule has 0 bridgehead atoms. The summed E-state index contributed by atoms with van der Waals surface area (Å²) >= 11 is 0. The zero-order chi connectivity index (χ0) is 16.4. The highest BCUT2D eigenvalue weighted by atomic mass is 19.3. The summed E-state index contributed by atoms with van der Waals surface area (Å²) < 4.78 is 34.5. The van der Waals surface area contributed by atoms with Crippen LogP contribution in [0.3, 0.4) is 0 Å². The Hall–Kier alpha value is -2.02. The Labute approximate surface area is 133 Å². The minimum absolute atomic E-state index is 0.174. The standard InChI is InChI=1S/C16H19F2N3O2/c1-20-7-9-21(10-8-20)15(22)13-14(23-11-19-13)16(17,18)12-5-3-2-4-6-12/h2-6,11,13-14H,7-10H2,1H3. The van der Waals surface area contributed by atoms with Crippen molar-refractivity contribution < 1.29 is 18.3 Å². The molecule has 0 aromatic heterocycles. The summed E-state index contributed by atoms with van der Waals surface area (Å²) in [6.45, 7) is 2.49. The molecule has 23 heavy (non-hydrogen) atoms. The van der Waals surface area contributed by atoms with E-state index < -0.39 is 24.0 Å². The Kier molecular flexibility index (Phi) is 4.30. The maximum absolute atomic E-state index is 14.7. The number of hydrogen-bond acceptors (Lipinski definition) is 4. The third-order valence-corrected chi connectivity index (χ3v) is 4.30. The summed E-state index contributed by atoms with van der Waals surface area (Å²) in [5, 5.41) is 0. The summed E-state index contributed by atoms with van der Waals surface area (Å²) in [7, 11) is 1.96. The van der Waals surface area contributed by atoms with Crippen LogP contribution in [0.2, 0.25) is 0 Å². The van der Waals surface area contributed by atoms with E-state index >= 15 is 0 Å². The van der Waals surface area contributed by atoms with Gasteiger partial charge in [0.05, 0.1) is 0 Å². The predicted octanol–water partition coefficient (Wildman–Crippen LogP) is 1.35. The number of hydrogen-bond donors (Lipinski definition) is 0. The average molecular weight is 323 g/mol. The van der Waals surface area contributed by atoms with E-state index in [0.717, 1.165) is 19.5 Å². The molecular weight excluding hydrogens is 304 g/mol. The van der Waals surface area contributed by atoms with Crippen LogP contribution < -0.4 is 0 Å². The zero-order valence-corrected chi connectivity index (χ0v) is 12.9. The van der Waals surface area contributed by atoms with Gasteiger partial charge in [-0.3, -0.25) is 4.79 Å². The van der Waals surface area contributed by atoms with Gasteiger partial charge in [-0.2, -0.15) is 8.78 Å². The molecule has 7 heteroatoms. The van der Waals surface area contributed by atoms with Crippen LogP contribution in [0.5, 0.6) is 0 Å². The van der Waals surface area contributed by atoms with Gasteiger partial charge in [-0.15, -0.1) is 0 Å². The second kappa shape index (κ2) is 6.23. The van der Waals surface area contributed by atoms with Crippen molar-refractivity contribution in [3.63, 3.8) is 0 Å². The molecule has 0 aliphatic carbocycles. The summed E-state index contributed by atoms with van der Waals surface area (Å²) in [5.74, 6) is -3.68. The number of likely N-dealkylation sites (N-methyl/N-ethyl adjacent to an activating group) is 1. The lowest BCUT2D eigenvalue weighted by atomic mass is 9.97. The summed E-state index contributed by atoms with van der Waals surface area (Å²) in [4.78, 5) is 20.1. The molecule has 1 saturated heterocycles. The van der Waals surface area contributed by atoms with Gasteiger partial charge in [0, 0.05) is 31.7 Å². The van der Waals surface area contributed by atoms with Gasteiger partial charge in [0.15, 0.2) is 18.5 Å². The van der Waals surface area contributed by atoms with Gasteiger partial charge in [-0.25, -0.2) is 4.99 Å². The van der Waals surface area contributed by atoms with Crippen LogP contribution >= 0.6 is 0 Å². The second-order valence-corrected chi connectivity index (χ2v) is 5.87. The molecule has 3 rings (SSSR count). The number of nitrogens with zero attached hydrogens (tertiary/aromatic N) is 3. The minimum atomic E-state index is -3.29. The van der Waals surface area contributed by atoms with Gasteiger partial charge in [0.25, 0.3) is 5.91 Å². The smallest absolute Gasteiger partial charge is 0.311 e. The highest BCUT2D eigenvalue weighted by Crippen LogP contribution is 2.37. The fourth-order valence-electron chi connectivity index (χ4n) is 2.83. The second-order valence-electron chi connectivity index (χ2n) is 5.87. The van der Waals surface area contributed by atoms with Crippen LogP contribution in [-0.2, 0) is 15.5 Å². The molecule has 1 aromatic carbocycles. The highest BCUT2D eigenvalue weighted by Gasteiger charge is 2.52. The Morgan fingerprint density at radius 2 is 1.87 bits per heavy atom. The van der Waals surface area contributed by atoms with Crippen molar-refractivity contribution in [1.82, 2.24) is 9.80 Å². The number of aliphatic imine (C=N–C) groups is 1. The lowest BCUT2D eigenvalue weighted by Gasteiger charge is -2.35. The summed E-state index contributed by atoms with van der Waals surface area (Å²) in [5.41, 5.74) is -0.174. The van der Waals surface area contributed by atoms with Gasteiger partial charge >= 0.3 is 5.92 Å².